The van der Waals surface area contributed by atoms with Crippen LogP contribution in [0.2, 0.25) is 0 Å². The number of nitrogens with one attached hydrogen (secondary N) is 2. The fourth-order valence-corrected chi connectivity index (χ4v) is 1.81. The first kappa shape index (κ1) is 13.1. The summed E-state index contributed by atoms with van der Waals surface area (Å²) >= 11 is 0. The SMILES string of the molecule is CC(C)[C@H](NC(=O)c1ccc2nc[nH]c2c1)C(=O)O. The molecule has 1 heterocycles. The van der Waals surface area contributed by atoms with Crippen LogP contribution in [-0.4, -0.2) is 33.0 Å². The van der Waals surface area contributed by atoms with Gasteiger partial charge < -0.3 is 15.4 Å². The molecular weight excluding hydrogens is 246 g/mol. The van der Waals surface area contributed by atoms with Crippen LogP contribution in [0.3, 0.4) is 0 Å². The molecule has 19 heavy (non-hydrogen) atoms. The third-order valence-electron chi connectivity index (χ3n) is 2.90. The van der Waals surface area contributed by atoms with Gasteiger partial charge in [0, 0.05) is 5.56 Å². The molecule has 1 atom stereocenters. The van der Waals surface area contributed by atoms with Crippen molar-refractivity contribution in [2.24, 2.45) is 5.92 Å². The second-order valence-electron chi connectivity index (χ2n) is 4.67. The Hall–Kier alpha value is -2.37. The van der Waals surface area contributed by atoms with E-state index in [0.717, 1.165) is 11.0 Å². The highest BCUT2D eigenvalue weighted by Crippen LogP contribution is 2.12. The minimum absolute atomic E-state index is 0.183. The van der Waals surface area contributed by atoms with Crippen LogP contribution >= 0.6 is 0 Å². The van der Waals surface area contributed by atoms with Gasteiger partial charge in [-0.2, -0.15) is 0 Å². The summed E-state index contributed by atoms with van der Waals surface area (Å²) in [6.07, 6.45) is 1.54. The van der Waals surface area contributed by atoms with Gasteiger partial charge in [0.1, 0.15) is 6.04 Å². The quantitative estimate of drug-likeness (QED) is 0.775. The molecule has 3 N–H and O–H groups in total. The predicted octanol–water partition coefficient (Wildman–Crippen LogP) is 1.40. The molecule has 0 bridgehead atoms. The molecule has 1 aromatic heterocycles. The molecule has 2 aromatic rings. The van der Waals surface area contributed by atoms with Crippen LogP contribution in [0.1, 0.15) is 24.2 Å². The Balaban J connectivity index is 2.21. The number of fused-ring (bicyclic) bond motifs is 1. The highest BCUT2D eigenvalue weighted by molar-refractivity contribution is 5.99. The minimum atomic E-state index is -1.04. The zero-order chi connectivity index (χ0) is 14.0. The normalized spacial score (nSPS) is 12.6. The molecule has 0 spiro atoms. The third-order valence-corrected chi connectivity index (χ3v) is 2.90. The zero-order valence-electron chi connectivity index (χ0n) is 10.7. The number of carbonyl (C=O) groups is 2. The lowest BCUT2D eigenvalue weighted by Crippen LogP contribution is -2.44. The number of benzene rings is 1. The third kappa shape index (κ3) is 2.73. The Morgan fingerprint density at radius 1 is 1.37 bits per heavy atom. The Morgan fingerprint density at radius 2 is 2.11 bits per heavy atom. The summed E-state index contributed by atoms with van der Waals surface area (Å²) in [5.74, 6) is -1.62. The lowest BCUT2D eigenvalue weighted by atomic mass is 10.0. The maximum atomic E-state index is 12.0. The van der Waals surface area contributed by atoms with Crippen LogP contribution in [0.5, 0.6) is 0 Å². The maximum absolute atomic E-state index is 12.0. The van der Waals surface area contributed by atoms with Crippen molar-refractivity contribution in [3.63, 3.8) is 0 Å². The summed E-state index contributed by atoms with van der Waals surface area (Å²) in [5, 5.41) is 11.6. The van der Waals surface area contributed by atoms with Gasteiger partial charge in [0.05, 0.1) is 17.4 Å². The van der Waals surface area contributed by atoms with Gasteiger partial charge >= 0.3 is 5.97 Å². The highest BCUT2D eigenvalue weighted by atomic mass is 16.4. The summed E-state index contributed by atoms with van der Waals surface area (Å²) in [6, 6.07) is 4.09. The number of amides is 1. The molecule has 6 nitrogen and oxygen atoms in total. The van der Waals surface area contributed by atoms with Crippen molar-refractivity contribution in [3.05, 3.63) is 30.1 Å². The number of aliphatic carboxylic acids is 1. The fraction of sp³-hybridized carbons (Fsp3) is 0.308. The molecule has 0 unspecified atom stereocenters. The molecule has 0 saturated heterocycles. The molecule has 0 aliphatic heterocycles. The van der Waals surface area contributed by atoms with Gasteiger partial charge in [0.2, 0.25) is 0 Å². The number of aromatic nitrogens is 2. The van der Waals surface area contributed by atoms with E-state index < -0.39 is 17.9 Å². The Kier molecular flexibility index (Phi) is 3.50. The molecule has 2 rings (SSSR count). The van der Waals surface area contributed by atoms with E-state index in [-0.39, 0.29) is 5.92 Å². The standard InChI is InChI=1S/C13H15N3O3/c1-7(2)11(13(18)19)16-12(17)8-3-4-9-10(5-8)15-6-14-9/h3-7,11H,1-2H3,(H,14,15)(H,16,17)(H,18,19)/t11-/m0/s1. The molecule has 0 saturated carbocycles. The molecule has 0 fully saturated rings. The number of H-pyrrole nitrogens is 1. The number of imidazole rings is 1. The number of carboxylic acid groups (broad SMARTS) is 1. The van der Waals surface area contributed by atoms with Gasteiger partial charge in [0.15, 0.2) is 0 Å². The van der Waals surface area contributed by atoms with Gasteiger partial charge in [-0.1, -0.05) is 13.8 Å². The summed E-state index contributed by atoms with van der Waals surface area (Å²) in [5.41, 5.74) is 1.91. The van der Waals surface area contributed by atoms with Crippen molar-refractivity contribution < 1.29 is 14.7 Å². The molecule has 0 aliphatic rings. The van der Waals surface area contributed by atoms with Crippen molar-refractivity contribution in [3.8, 4) is 0 Å². The molecular formula is C13H15N3O3. The van der Waals surface area contributed by atoms with E-state index in [1.54, 1.807) is 38.4 Å². The van der Waals surface area contributed by atoms with Gasteiger partial charge in [-0.15, -0.1) is 0 Å². The first-order valence-electron chi connectivity index (χ1n) is 5.96. The van der Waals surface area contributed by atoms with Crippen LogP contribution in [0, 0.1) is 5.92 Å². The summed E-state index contributed by atoms with van der Waals surface area (Å²) in [4.78, 5) is 30.0. The highest BCUT2D eigenvalue weighted by Gasteiger charge is 2.23. The van der Waals surface area contributed by atoms with Crippen molar-refractivity contribution in [2.45, 2.75) is 19.9 Å². The Morgan fingerprint density at radius 3 is 2.74 bits per heavy atom. The van der Waals surface area contributed by atoms with E-state index in [9.17, 15) is 9.59 Å². The lowest BCUT2D eigenvalue weighted by Gasteiger charge is -2.17. The van der Waals surface area contributed by atoms with Crippen molar-refractivity contribution in [1.82, 2.24) is 15.3 Å². The average Bonchev–Trinajstić information content (AvgIpc) is 2.81. The molecule has 1 amide bonds. The van der Waals surface area contributed by atoms with E-state index in [1.807, 2.05) is 0 Å². The molecule has 0 aliphatic carbocycles. The smallest absolute Gasteiger partial charge is 0.326 e. The largest absolute Gasteiger partial charge is 0.480 e. The molecule has 0 radical (unpaired) electrons. The summed E-state index contributed by atoms with van der Waals surface area (Å²) in [6.45, 7) is 3.49. The van der Waals surface area contributed by atoms with E-state index in [0.29, 0.717) is 5.56 Å². The number of rotatable bonds is 4. The average molecular weight is 261 g/mol. The number of nitrogens with zero attached hydrogens (tertiary/aromatic N) is 1. The summed E-state index contributed by atoms with van der Waals surface area (Å²) in [7, 11) is 0. The van der Waals surface area contributed by atoms with Crippen LogP contribution in [0.25, 0.3) is 11.0 Å². The second kappa shape index (κ2) is 5.09. The number of hydrogen-bond donors (Lipinski definition) is 3. The van der Waals surface area contributed by atoms with E-state index in [4.69, 9.17) is 5.11 Å². The molecule has 100 valence electrons. The van der Waals surface area contributed by atoms with Crippen LogP contribution in [-0.2, 0) is 4.79 Å². The van der Waals surface area contributed by atoms with Crippen LogP contribution in [0.4, 0.5) is 0 Å². The van der Waals surface area contributed by atoms with Gasteiger partial charge in [-0.05, 0) is 24.1 Å². The topological polar surface area (TPSA) is 95.1 Å². The predicted molar refractivity (Wildman–Crippen MR) is 69.8 cm³/mol. The lowest BCUT2D eigenvalue weighted by molar-refractivity contribution is -0.140. The first-order chi connectivity index (χ1) is 8.99. The number of aromatic amines is 1. The van der Waals surface area contributed by atoms with Crippen molar-refractivity contribution in [2.75, 3.05) is 0 Å². The Bertz CT molecular complexity index is 618. The number of carboxylic acids is 1. The van der Waals surface area contributed by atoms with Crippen molar-refractivity contribution in [1.29, 1.82) is 0 Å². The zero-order valence-corrected chi connectivity index (χ0v) is 10.7. The van der Waals surface area contributed by atoms with Crippen LogP contribution < -0.4 is 5.32 Å². The summed E-state index contributed by atoms with van der Waals surface area (Å²) < 4.78 is 0. The van der Waals surface area contributed by atoms with Crippen LogP contribution in [0.15, 0.2) is 24.5 Å². The number of hydrogen-bond acceptors (Lipinski definition) is 3. The molecule has 1 aromatic carbocycles. The first-order valence-corrected chi connectivity index (χ1v) is 5.96. The fourth-order valence-electron chi connectivity index (χ4n) is 1.81. The van der Waals surface area contributed by atoms with E-state index in [1.165, 1.54) is 0 Å². The monoisotopic (exact) mass is 261 g/mol. The molecule has 6 heteroatoms. The van der Waals surface area contributed by atoms with Crippen molar-refractivity contribution >= 4 is 22.9 Å². The van der Waals surface area contributed by atoms with E-state index >= 15 is 0 Å². The van der Waals surface area contributed by atoms with E-state index in [2.05, 4.69) is 15.3 Å². The maximum Gasteiger partial charge on any atom is 0.326 e. The minimum Gasteiger partial charge on any atom is -0.480 e. The van der Waals surface area contributed by atoms with Gasteiger partial charge in [0.25, 0.3) is 5.91 Å². The van der Waals surface area contributed by atoms with Gasteiger partial charge in [-0.3, -0.25) is 4.79 Å². The van der Waals surface area contributed by atoms with Gasteiger partial charge in [-0.25, -0.2) is 9.78 Å². The number of carbonyl (C=O) groups excluding carboxylic acids is 1. The second-order valence-corrected chi connectivity index (χ2v) is 4.67. The Labute approximate surface area is 109 Å².